The Labute approximate surface area is 177 Å². The van der Waals surface area contributed by atoms with Crippen LogP contribution in [0.1, 0.15) is 61.3 Å². The molecule has 0 spiro atoms. The van der Waals surface area contributed by atoms with Gasteiger partial charge in [-0.3, -0.25) is 14.4 Å². The van der Waals surface area contributed by atoms with Gasteiger partial charge in [0.25, 0.3) is 0 Å². The van der Waals surface area contributed by atoms with Crippen LogP contribution in [0.15, 0.2) is 59.9 Å². The molecule has 2 aromatic carbocycles. The summed E-state index contributed by atoms with van der Waals surface area (Å²) in [6.45, 7) is 8.13. The molecule has 0 heterocycles. The number of aliphatic hydroxyl groups excluding tert-OH is 1. The molecule has 0 amide bonds. The van der Waals surface area contributed by atoms with Crippen molar-refractivity contribution in [1.82, 2.24) is 0 Å². The van der Waals surface area contributed by atoms with E-state index in [1.54, 1.807) is 0 Å². The first-order valence-corrected chi connectivity index (χ1v) is 10.2. The Morgan fingerprint density at radius 3 is 1.63 bits per heavy atom. The van der Waals surface area contributed by atoms with Crippen molar-refractivity contribution >= 4 is 17.3 Å². The van der Waals surface area contributed by atoms with Crippen molar-refractivity contribution in [3.8, 4) is 0 Å². The number of hydrogen-bond acceptors (Lipinski definition) is 4. The molecular formula is C26H28O4. The Balaban J connectivity index is 2.40. The topological polar surface area (TPSA) is 71.4 Å². The van der Waals surface area contributed by atoms with E-state index in [1.807, 2.05) is 62.4 Å². The molecule has 1 N–H and O–H groups in total. The number of benzene rings is 2. The summed E-state index contributed by atoms with van der Waals surface area (Å²) in [6, 6.07) is 15.1. The number of hydrogen-bond donors (Lipinski definition) is 1. The third kappa shape index (κ3) is 3.41. The van der Waals surface area contributed by atoms with Crippen LogP contribution in [0.5, 0.6) is 0 Å². The number of ketones is 3. The second kappa shape index (κ2) is 8.02. The lowest BCUT2D eigenvalue weighted by molar-refractivity contribution is -0.142. The van der Waals surface area contributed by atoms with Gasteiger partial charge in [0.1, 0.15) is 22.7 Å². The van der Waals surface area contributed by atoms with Gasteiger partial charge >= 0.3 is 0 Å². The summed E-state index contributed by atoms with van der Waals surface area (Å²) in [5, 5.41) is 10.9. The highest BCUT2D eigenvalue weighted by atomic mass is 16.3. The molecule has 0 aliphatic heterocycles. The minimum atomic E-state index is -1.47. The van der Waals surface area contributed by atoms with Crippen LogP contribution in [0, 0.1) is 19.3 Å². The van der Waals surface area contributed by atoms with Crippen LogP contribution in [-0.2, 0) is 14.4 Å². The Kier molecular flexibility index (Phi) is 5.80. The van der Waals surface area contributed by atoms with E-state index in [4.69, 9.17) is 0 Å². The standard InChI is InChI=1S/C26H28O4/c1-15-6-10-20(11-7-15)22-14-23(30)24(17(3)27)25(21-12-8-16(2)9-13-21)26(22,18(4)28)19(5)29/h6-13,22,25,30H,14H2,1-5H3/t22-,25?/m0/s1. The van der Waals surface area contributed by atoms with Gasteiger partial charge in [0.2, 0.25) is 0 Å². The first-order chi connectivity index (χ1) is 14.1. The molecule has 4 nitrogen and oxygen atoms in total. The molecule has 3 rings (SSSR count). The molecule has 0 fully saturated rings. The average molecular weight is 405 g/mol. The number of carbonyl (C=O) groups is 3. The summed E-state index contributed by atoms with van der Waals surface area (Å²) in [5.41, 5.74) is 2.26. The molecule has 1 unspecified atom stereocenters. The number of Topliss-reactive ketones (excluding diaryl/α,β-unsaturated/α-hetero) is 3. The smallest absolute Gasteiger partial charge is 0.159 e. The molecule has 0 saturated heterocycles. The van der Waals surface area contributed by atoms with E-state index < -0.39 is 17.3 Å². The van der Waals surface area contributed by atoms with Gasteiger partial charge in [-0.2, -0.15) is 0 Å². The lowest BCUT2D eigenvalue weighted by Crippen LogP contribution is -2.51. The second-order valence-corrected chi connectivity index (χ2v) is 8.41. The lowest BCUT2D eigenvalue weighted by Gasteiger charge is -2.47. The van der Waals surface area contributed by atoms with Gasteiger partial charge in [-0.1, -0.05) is 59.7 Å². The fourth-order valence-corrected chi connectivity index (χ4v) is 4.98. The van der Waals surface area contributed by atoms with Crippen LogP contribution in [0.25, 0.3) is 0 Å². The molecule has 156 valence electrons. The summed E-state index contributed by atoms with van der Waals surface area (Å²) in [6.07, 6.45) is 0.0689. The summed E-state index contributed by atoms with van der Waals surface area (Å²) >= 11 is 0. The maximum Gasteiger partial charge on any atom is 0.159 e. The van der Waals surface area contributed by atoms with Crippen LogP contribution >= 0.6 is 0 Å². The number of allylic oxidation sites excluding steroid dienone is 2. The lowest BCUT2D eigenvalue weighted by atomic mass is 9.52. The van der Waals surface area contributed by atoms with E-state index >= 15 is 0 Å². The van der Waals surface area contributed by atoms with Crippen molar-refractivity contribution < 1.29 is 19.5 Å². The molecule has 0 aromatic heterocycles. The number of aliphatic hydroxyl groups is 1. The van der Waals surface area contributed by atoms with Crippen LogP contribution in [-0.4, -0.2) is 22.5 Å². The fourth-order valence-electron chi connectivity index (χ4n) is 4.98. The highest BCUT2D eigenvalue weighted by Crippen LogP contribution is 2.58. The van der Waals surface area contributed by atoms with Crippen LogP contribution in [0.2, 0.25) is 0 Å². The predicted octanol–water partition coefficient (Wildman–Crippen LogP) is 5.14. The van der Waals surface area contributed by atoms with Gasteiger partial charge in [-0.15, -0.1) is 0 Å². The van der Waals surface area contributed by atoms with E-state index in [9.17, 15) is 19.5 Å². The minimum Gasteiger partial charge on any atom is -0.512 e. The van der Waals surface area contributed by atoms with Crippen molar-refractivity contribution in [3.63, 3.8) is 0 Å². The Hall–Kier alpha value is -3.01. The van der Waals surface area contributed by atoms with Crippen LogP contribution < -0.4 is 0 Å². The van der Waals surface area contributed by atoms with Gasteiger partial charge in [-0.25, -0.2) is 0 Å². The zero-order valence-corrected chi connectivity index (χ0v) is 18.2. The molecule has 1 aliphatic rings. The first-order valence-electron chi connectivity index (χ1n) is 10.2. The molecule has 0 bridgehead atoms. The molecule has 0 radical (unpaired) electrons. The normalized spacial score (nSPS) is 20.7. The number of carbonyl (C=O) groups excluding carboxylic acids is 3. The molecule has 2 atom stereocenters. The van der Waals surface area contributed by atoms with E-state index in [2.05, 4.69) is 0 Å². The van der Waals surface area contributed by atoms with Crippen LogP contribution in [0.4, 0.5) is 0 Å². The minimum absolute atomic E-state index is 0.0447. The molecule has 30 heavy (non-hydrogen) atoms. The Bertz CT molecular complexity index is 1010. The monoisotopic (exact) mass is 404 g/mol. The van der Waals surface area contributed by atoms with Crippen molar-refractivity contribution in [1.29, 1.82) is 0 Å². The fraction of sp³-hybridized carbons (Fsp3) is 0.346. The van der Waals surface area contributed by atoms with Crippen molar-refractivity contribution in [2.24, 2.45) is 5.41 Å². The van der Waals surface area contributed by atoms with Crippen molar-refractivity contribution in [2.45, 2.75) is 52.9 Å². The average Bonchev–Trinajstić information content (AvgIpc) is 2.67. The molecule has 0 saturated carbocycles. The summed E-state index contributed by atoms with van der Waals surface area (Å²) in [7, 11) is 0. The highest BCUT2D eigenvalue weighted by molar-refractivity contribution is 6.10. The van der Waals surface area contributed by atoms with E-state index in [0.717, 1.165) is 16.7 Å². The second-order valence-electron chi connectivity index (χ2n) is 8.41. The summed E-state index contributed by atoms with van der Waals surface area (Å²) in [4.78, 5) is 39.2. The maximum atomic E-state index is 13.3. The van der Waals surface area contributed by atoms with Gasteiger partial charge in [0.15, 0.2) is 5.78 Å². The summed E-state index contributed by atoms with van der Waals surface area (Å²) < 4.78 is 0. The zero-order chi connectivity index (χ0) is 22.2. The van der Waals surface area contributed by atoms with Gasteiger partial charge in [0.05, 0.1) is 0 Å². The molecule has 2 aromatic rings. The predicted molar refractivity (Wildman–Crippen MR) is 117 cm³/mol. The van der Waals surface area contributed by atoms with E-state index in [-0.39, 0.29) is 35.1 Å². The van der Waals surface area contributed by atoms with Gasteiger partial charge in [-0.05, 0) is 45.7 Å². The quantitative estimate of drug-likeness (QED) is 0.701. The van der Waals surface area contributed by atoms with Crippen molar-refractivity contribution in [3.05, 3.63) is 82.1 Å². The first kappa shape index (κ1) is 21.7. The SMILES string of the molecule is CC(=O)C1=C(O)C[C@@H](c2ccc(C)cc2)C(C(C)=O)(C(C)=O)C1c1ccc(C)cc1. The molecule has 1 aliphatic carbocycles. The Morgan fingerprint density at radius 2 is 1.23 bits per heavy atom. The third-order valence-electron chi connectivity index (χ3n) is 6.44. The molecular weight excluding hydrogens is 376 g/mol. The van der Waals surface area contributed by atoms with E-state index in [0.29, 0.717) is 5.56 Å². The van der Waals surface area contributed by atoms with Gasteiger partial charge in [0, 0.05) is 23.8 Å². The summed E-state index contributed by atoms with van der Waals surface area (Å²) in [5.74, 6) is -2.37. The third-order valence-corrected chi connectivity index (χ3v) is 6.44. The number of aryl methyl sites for hydroxylation is 2. The van der Waals surface area contributed by atoms with Crippen molar-refractivity contribution in [2.75, 3.05) is 0 Å². The largest absolute Gasteiger partial charge is 0.512 e. The number of rotatable bonds is 5. The van der Waals surface area contributed by atoms with Crippen LogP contribution in [0.3, 0.4) is 0 Å². The van der Waals surface area contributed by atoms with Gasteiger partial charge < -0.3 is 5.11 Å². The maximum absolute atomic E-state index is 13.3. The van der Waals surface area contributed by atoms with E-state index in [1.165, 1.54) is 20.8 Å². The highest BCUT2D eigenvalue weighted by Gasteiger charge is 2.59. The molecule has 4 heteroatoms. The Morgan fingerprint density at radius 1 is 0.800 bits per heavy atom. The zero-order valence-electron chi connectivity index (χ0n) is 18.2.